The molecule has 170 valence electrons. The van der Waals surface area contributed by atoms with Crippen molar-refractivity contribution < 1.29 is 19.8 Å². The van der Waals surface area contributed by atoms with Crippen molar-refractivity contribution in [3.05, 3.63) is 32.9 Å². The number of fused-ring (bicyclic) bond motifs is 2. The third-order valence-corrected chi connectivity index (χ3v) is 9.85. The highest BCUT2D eigenvalue weighted by Gasteiger charge is 2.67. The third-order valence-electron chi connectivity index (χ3n) is 9.18. The van der Waals surface area contributed by atoms with Crippen molar-refractivity contribution in [1.29, 1.82) is 0 Å². The van der Waals surface area contributed by atoms with Crippen LogP contribution in [-0.2, 0) is 21.6 Å². The van der Waals surface area contributed by atoms with Crippen LogP contribution in [0.5, 0.6) is 0 Å². The number of rotatable bonds is 2. The fourth-order valence-electron chi connectivity index (χ4n) is 7.37. The van der Waals surface area contributed by atoms with Gasteiger partial charge in [0.1, 0.15) is 12.1 Å². The van der Waals surface area contributed by atoms with Crippen LogP contribution >= 0.6 is 22.6 Å². The number of carbonyl (C=O) groups is 1. The Morgan fingerprint density at radius 2 is 2.10 bits per heavy atom. The van der Waals surface area contributed by atoms with E-state index in [1.807, 2.05) is 0 Å². The van der Waals surface area contributed by atoms with Crippen LogP contribution < -0.4 is 5.32 Å². The molecule has 5 aliphatic rings. The van der Waals surface area contributed by atoms with E-state index in [-0.39, 0.29) is 29.4 Å². The molecular formula is C24H33IN2O4. The molecule has 3 bridgehead atoms. The van der Waals surface area contributed by atoms with E-state index in [9.17, 15) is 15.0 Å². The fraction of sp³-hybridized carbons (Fsp3) is 0.708. The summed E-state index contributed by atoms with van der Waals surface area (Å²) in [6.45, 7) is 8.97. The van der Waals surface area contributed by atoms with Crippen LogP contribution in [0.4, 0.5) is 0 Å². The smallest absolute Gasteiger partial charge is 0.240 e. The van der Waals surface area contributed by atoms with Crippen LogP contribution in [0.15, 0.2) is 18.2 Å². The van der Waals surface area contributed by atoms with Crippen molar-refractivity contribution in [3.63, 3.8) is 0 Å². The molecular weight excluding hydrogens is 507 g/mol. The molecule has 4 unspecified atom stereocenters. The van der Waals surface area contributed by atoms with Gasteiger partial charge < -0.3 is 15.5 Å². The van der Waals surface area contributed by atoms with E-state index in [1.165, 1.54) is 11.1 Å². The Morgan fingerprint density at radius 3 is 2.74 bits per heavy atom. The lowest BCUT2D eigenvalue weighted by atomic mass is 9.35. The van der Waals surface area contributed by atoms with Crippen molar-refractivity contribution in [1.82, 2.24) is 10.4 Å². The molecule has 6 nitrogen and oxygen atoms in total. The van der Waals surface area contributed by atoms with Gasteiger partial charge in [0.2, 0.25) is 5.91 Å². The Hall–Kier alpha value is -0.740. The van der Waals surface area contributed by atoms with E-state index in [1.54, 1.807) is 12.0 Å². The van der Waals surface area contributed by atoms with Crippen LogP contribution in [0.2, 0.25) is 0 Å². The van der Waals surface area contributed by atoms with Crippen molar-refractivity contribution in [3.8, 4) is 0 Å². The maximum Gasteiger partial charge on any atom is 0.240 e. The van der Waals surface area contributed by atoms with Crippen LogP contribution in [0.3, 0.4) is 0 Å². The van der Waals surface area contributed by atoms with Gasteiger partial charge in [0.15, 0.2) is 0 Å². The molecule has 1 aromatic carbocycles. The van der Waals surface area contributed by atoms with Gasteiger partial charge in [-0.3, -0.25) is 9.63 Å². The maximum absolute atomic E-state index is 13.6. The largest absolute Gasteiger partial charge is 0.394 e. The van der Waals surface area contributed by atoms with Gasteiger partial charge in [-0.2, -0.15) is 5.06 Å². The summed E-state index contributed by atoms with van der Waals surface area (Å²) < 4.78 is 1.16. The normalized spacial score (nSPS) is 42.1. The SMILES string of the molecule is CC1C2C[C@@]3(C[C@@H]1C3(C)C)c1ccc(I)cc1CN1OC(CO)C([C@H](C)O)[C@H]1C(=O)N2. The van der Waals surface area contributed by atoms with Gasteiger partial charge in [-0.15, -0.1) is 0 Å². The average Bonchev–Trinajstić information content (AvgIpc) is 3.07. The van der Waals surface area contributed by atoms with Gasteiger partial charge in [0, 0.05) is 20.9 Å². The van der Waals surface area contributed by atoms with Gasteiger partial charge in [0.05, 0.1) is 19.3 Å². The summed E-state index contributed by atoms with van der Waals surface area (Å²) in [4.78, 5) is 19.7. The van der Waals surface area contributed by atoms with Crippen molar-refractivity contribution in [2.24, 2.45) is 23.2 Å². The predicted molar refractivity (Wildman–Crippen MR) is 125 cm³/mol. The summed E-state index contributed by atoms with van der Waals surface area (Å²) in [5.74, 6) is 0.380. The van der Waals surface area contributed by atoms with E-state index in [0.717, 1.165) is 16.4 Å². The third kappa shape index (κ3) is 2.99. The van der Waals surface area contributed by atoms with Gasteiger partial charge in [-0.1, -0.05) is 26.8 Å². The molecule has 3 N–H and O–H groups in total. The second kappa shape index (κ2) is 7.38. The minimum atomic E-state index is -0.765. The molecule has 8 atom stereocenters. The number of aliphatic hydroxyl groups excluding tert-OH is 2. The molecule has 2 aliphatic heterocycles. The first-order chi connectivity index (χ1) is 14.6. The minimum absolute atomic E-state index is 0.0361. The van der Waals surface area contributed by atoms with Crippen LogP contribution in [0.1, 0.15) is 51.7 Å². The van der Waals surface area contributed by atoms with E-state index >= 15 is 0 Å². The molecule has 0 aromatic heterocycles. The number of hydroxylamine groups is 2. The molecule has 6 rings (SSSR count). The number of benzene rings is 1. The first-order valence-electron chi connectivity index (χ1n) is 11.4. The van der Waals surface area contributed by atoms with E-state index in [0.29, 0.717) is 18.4 Å². The number of nitrogens with one attached hydrogen (secondary N) is 1. The van der Waals surface area contributed by atoms with Gasteiger partial charge >= 0.3 is 0 Å². The summed E-state index contributed by atoms with van der Waals surface area (Å²) in [5.41, 5.74) is 2.75. The lowest BCUT2D eigenvalue weighted by Gasteiger charge is -2.70. The maximum atomic E-state index is 13.6. The minimum Gasteiger partial charge on any atom is -0.394 e. The number of nitrogens with zero attached hydrogens (tertiary/aromatic N) is 1. The lowest BCUT2D eigenvalue weighted by Crippen LogP contribution is -2.70. The molecule has 7 heteroatoms. The summed E-state index contributed by atoms with van der Waals surface area (Å²) in [6, 6.07) is 6.15. The molecule has 2 heterocycles. The molecule has 1 aromatic rings. The van der Waals surface area contributed by atoms with Crippen LogP contribution in [0, 0.1) is 26.7 Å². The second-order valence-corrected chi connectivity index (χ2v) is 12.0. The lowest BCUT2D eigenvalue weighted by molar-refractivity contribution is -0.187. The quantitative estimate of drug-likeness (QED) is 0.503. The topological polar surface area (TPSA) is 82.0 Å². The molecule has 1 spiro atoms. The van der Waals surface area contributed by atoms with Gasteiger partial charge in [-0.25, -0.2) is 0 Å². The molecule has 1 amide bonds. The monoisotopic (exact) mass is 540 g/mol. The molecule has 4 fully saturated rings. The summed E-state index contributed by atoms with van der Waals surface area (Å²) in [7, 11) is 0. The number of aliphatic hydroxyl groups is 2. The Bertz CT molecular complexity index is 906. The number of hydrogen-bond acceptors (Lipinski definition) is 5. The van der Waals surface area contributed by atoms with Gasteiger partial charge in [0.25, 0.3) is 0 Å². The fourth-order valence-corrected chi connectivity index (χ4v) is 7.93. The van der Waals surface area contributed by atoms with Crippen molar-refractivity contribution >= 4 is 28.5 Å². The van der Waals surface area contributed by atoms with Crippen molar-refractivity contribution in [2.45, 2.75) is 76.8 Å². The molecule has 3 aliphatic carbocycles. The first kappa shape index (κ1) is 22.1. The van der Waals surface area contributed by atoms with Crippen LogP contribution in [0.25, 0.3) is 0 Å². The highest BCUT2D eigenvalue weighted by atomic mass is 127. The zero-order valence-electron chi connectivity index (χ0n) is 18.6. The predicted octanol–water partition coefficient (Wildman–Crippen LogP) is 2.59. The highest BCUT2D eigenvalue weighted by molar-refractivity contribution is 14.1. The van der Waals surface area contributed by atoms with E-state index in [2.05, 4.69) is 66.9 Å². The first-order valence-corrected chi connectivity index (χ1v) is 12.5. The highest BCUT2D eigenvalue weighted by Crippen LogP contribution is 2.70. The zero-order chi connectivity index (χ0) is 22.3. The Labute approximate surface area is 197 Å². The van der Waals surface area contributed by atoms with Crippen molar-refractivity contribution in [2.75, 3.05) is 6.61 Å². The standard InChI is InChI=1S/C24H33IN2O4/c1-12-17-8-24(23(17,3)4)9-18(12)26-22(30)21-20(13(2)29)19(11-28)31-27(21)10-14-7-15(25)5-6-16(14)24/h5-7,12-13,17-21,28-29H,8-11H2,1-4H3,(H,26,30)/t12?,13-,17-,18?,19?,20?,21-,24-/m0/s1. The number of hydrogen-bond donors (Lipinski definition) is 3. The van der Waals surface area contributed by atoms with E-state index < -0.39 is 24.2 Å². The van der Waals surface area contributed by atoms with E-state index in [4.69, 9.17) is 4.84 Å². The average molecular weight is 540 g/mol. The molecule has 1 saturated heterocycles. The zero-order valence-corrected chi connectivity index (χ0v) is 20.8. The van der Waals surface area contributed by atoms with Gasteiger partial charge in [-0.05, 0) is 82.9 Å². The molecule has 0 radical (unpaired) electrons. The Balaban J connectivity index is 1.65. The number of amides is 1. The molecule has 31 heavy (non-hydrogen) atoms. The summed E-state index contributed by atoms with van der Waals surface area (Å²) in [5, 5.41) is 25.5. The molecule has 3 saturated carbocycles. The van der Waals surface area contributed by atoms with Crippen LogP contribution in [-0.4, -0.2) is 52.1 Å². The number of halogens is 1. The summed E-state index contributed by atoms with van der Waals surface area (Å²) in [6.07, 6.45) is 0.732. The summed E-state index contributed by atoms with van der Waals surface area (Å²) >= 11 is 2.34. The number of carbonyl (C=O) groups excluding carboxylic acids is 1. The Kier molecular flexibility index (Phi) is 5.26. The Morgan fingerprint density at radius 1 is 1.35 bits per heavy atom. The second-order valence-electron chi connectivity index (χ2n) is 10.8.